The lowest BCUT2D eigenvalue weighted by atomic mass is 10.2. The molecule has 1 aliphatic carbocycles. The fourth-order valence-corrected chi connectivity index (χ4v) is 2.93. The van der Waals surface area contributed by atoms with Crippen LogP contribution in [0.15, 0.2) is 52.5 Å². The Morgan fingerprint density at radius 2 is 2.16 bits per heavy atom. The van der Waals surface area contributed by atoms with Gasteiger partial charge in [-0.1, -0.05) is 35.5 Å². The lowest BCUT2D eigenvalue weighted by Gasteiger charge is -2.07. The SMILES string of the molecule is Clc1cc(Sc2ccccn2)ccc1CNC1CC1. The van der Waals surface area contributed by atoms with Crippen LogP contribution in [0.5, 0.6) is 0 Å². The number of hydrogen-bond acceptors (Lipinski definition) is 3. The Morgan fingerprint density at radius 1 is 1.26 bits per heavy atom. The van der Waals surface area contributed by atoms with Crippen molar-refractivity contribution in [1.29, 1.82) is 0 Å². The van der Waals surface area contributed by atoms with E-state index in [4.69, 9.17) is 11.6 Å². The van der Waals surface area contributed by atoms with Gasteiger partial charge < -0.3 is 5.32 Å². The normalized spacial score (nSPS) is 14.6. The highest BCUT2D eigenvalue weighted by molar-refractivity contribution is 7.99. The zero-order valence-corrected chi connectivity index (χ0v) is 12.0. The summed E-state index contributed by atoms with van der Waals surface area (Å²) in [5, 5.41) is 5.30. The van der Waals surface area contributed by atoms with Crippen LogP contribution in [0.4, 0.5) is 0 Å². The molecule has 3 rings (SSSR count). The van der Waals surface area contributed by atoms with Gasteiger partial charge in [-0.05, 0) is 42.7 Å². The Labute approximate surface area is 122 Å². The third-order valence-electron chi connectivity index (χ3n) is 3.04. The van der Waals surface area contributed by atoms with Crippen molar-refractivity contribution in [2.45, 2.75) is 35.3 Å². The van der Waals surface area contributed by atoms with Gasteiger partial charge in [0.2, 0.25) is 0 Å². The first kappa shape index (κ1) is 13.0. The summed E-state index contributed by atoms with van der Waals surface area (Å²) in [5.74, 6) is 0. The summed E-state index contributed by atoms with van der Waals surface area (Å²) < 4.78 is 0. The van der Waals surface area contributed by atoms with Crippen LogP contribution >= 0.6 is 23.4 Å². The van der Waals surface area contributed by atoms with Crippen molar-refractivity contribution in [3.63, 3.8) is 0 Å². The molecule has 0 saturated heterocycles. The summed E-state index contributed by atoms with van der Waals surface area (Å²) in [6.07, 6.45) is 4.40. The van der Waals surface area contributed by atoms with Gasteiger partial charge in [-0.2, -0.15) is 0 Å². The van der Waals surface area contributed by atoms with Crippen LogP contribution in [0, 0.1) is 0 Å². The van der Waals surface area contributed by atoms with Crippen LogP contribution in [-0.4, -0.2) is 11.0 Å². The van der Waals surface area contributed by atoms with Crippen LogP contribution in [-0.2, 0) is 6.54 Å². The molecule has 0 spiro atoms. The fraction of sp³-hybridized carbons (Fsp3) is 0.267. The molecule has 1 heterocycles. The van der Waals surface area contributed by atoms with Gasteiger partial charge in [0.05, 0.1) is 0 Å². The summed E-state index contributed by atoms with van der Waals surface area (Å²) in [4.78, 5) is 5.43. The molecule has 0 bridgehead atoms. The third-order valence-corrected chi connectivity index (χ3v) is 4.34. The van der Waals surface area contributed by atoms with E-state index in [-0.39, 0.29) is 0 Å². The molecule has 1 fully saturated rings. The molecule has 1 aromatic heterocycles. The molecule has 0 amide bonds. The van der Waals surface area contributed by atoms with Gasteiger partial charge in [0.15, 0.2) is 0 Å². The molecule has 0 radical (unpaired) electrons. The van der Waals surface area contributed by atoms with E-state index >= 15 is 0 Å². The van der Waals surface area contributed by atoms with Gasteiger partial charge in [-0.3, -0.25) is 0 Å². The Balaban J connectivity index is 1.67. The Bertz CT molecular complexity index is 555. The molecule has 1 N–H and O–H groups in total. The minimum Gasteiger partial charge on any atom is -0.310 e. The van der Waals surface area contributed by atoms with E-state index in [1.54, 1.807) is 18.0 Å². The Kier molecular flexibility index (Phi) is 4.06. The number of halogens is 1. The number of aromatic nitrogens is 1. The maximum atomic E-state index is 6.33. The standard InChI is InChI=1S/C15H15ClN2S/c16-14-9-13(19-15-3-1-2-8-17-15)7-4-11(14)10-18-12-5-6-12/h1-4,7-9,12,18H,5-6,10H2. The molecule has 2 aromatic rings. The largest absolute Gasteiger partial charge is 0.310 e. The van der Waals surface area contributed by atoms with E-state index < -0.39 is 0 Å². The van der Waals surface area contributed by atoms with Crippen LogP contribution < -0.4 is 5.32 Å². The van der Waals surface area contributed by atoms with Gasteiger partial charge in [0, 0.05) is 28.7 Å². The van der Waals surface area contributed by atoms with E-state index in [2.05, 4.69) is 22.4 Å². The van der Waals surface area contributed by atoms with Gasteiger partial charge in [-0.25, -0.2) is 4.98 Å². The Morgan fingerprint density at radius 3 is 2.84 bits per heavy atom. The summed E-state index contributed by atoms with van der Waals surface area (Å²) in [6.45, 7) is 0.859. The number of benzene rings is 1. The van der Waals surface area contributed by atoms with Crippen LogP contribution in [0.3, 0.4) is 0 Å². The van der Waals surface area contributed by atoms with Gasteiger partial charge >= 0.3 is 0 Å². The molecule has 2 nitrogen and oxygen atoms in total. The topological polar surface area (TPSA) is 24.9 Å². The zero-order chi connectivity index (χ0) is 13.1. The van der Waals surface area contributed by atoms with Crippen molar-refractivity contribution in [2.75, 3.05) is 0 Å². The molecule has 1 saturated carbocycles. The average molecular weight is 291 g/mol. The van der Waals surface area contributed by atoms with E-state index in [0.29, 0.717) is 6.04 Å². The number of nitrogens with zero attached hydrogens (tertiary/aromatic N) is 1. The van der Waals surface area contributed by atoms with Gasteiger partial charge in [0.1, 0.15) is 5.03 Å². The number of nitrogens with one attached hydrogen (secondary N) is 1. The number of rotatable bonds is 5. The molecular formula is C15H15ClN2S. The van der Waals surface area contributed by atoms with Crippen molar-refractivity contribution >= 4 is 23.4 Å². The van der Waals surface area contributed by atoms with Crippen molar-refractivity contribution in [3.8, 4) is 0 Å². The van der Waals surface area contributed by atoms with Crippen LogP contribution in [0.2, 0.25) is 5.02 Å². The summed E-state index contributed by atoms with van der Waals surface area (Å²) in [5.41, 5.74) is 1.17. The van der Waals surface area contributed by atoms with Crippen molar-refractivity contribution in [1.82, 2.24) is 10.3 Å². The average Bonchev–Trinajstić information content (AvgIpc) is 3.23. The lowest BCUT2D eigenvalue weighted by Crippen LogP contribution is -2.15. The van der Waals surface area contributed by atoms with E-state index in [0.717, 1.165) is 21.5 Å². The van der Waals surface area contributed by atoms with Crippen LogP contribution in [0.25, 0.3) is 0 Å². The molecule has 4 heteroatoms. The highest BCUT2D eigenvalue weighted by atomic mass is 35.5. The predicted octanol–water partition coefficient (Wildman–Crippen LogP) is 4.14. The van der Waals surface area contributed by atoms with Crippen molar-refractivity contribution < 1.29 is 0 Å². The predicted molar refractivity (Wildman–Crippen MR) is 79.7 cm³/mol. The molecule has 0 aliphatic heterocycles. The second kappa shape index (κ2) is 5.95. The summed E-state index contributed by atoms with van der Waals surface area (Å²) in [6, 6.07) is 12.8. The smallest absolute Gasteiger partial charge is 0.101 e. The molecule has 1 aromatic carbocycles. The quantitative estimate of drug-likeness (QED) is 0.896. The summed E-state index contributed by atoms with van der Waals surface area (Å²) in [7, 11) is 0. The van der Waals surface area contributed by atoms with Gasteiger partial charge in [-0.15, -0.1) is 0 Å². The molecule has 1 aliphatic rings. The van der Waals surface area contributed by atoms with E-state index in [9.17, 15) is 0 Å². The Hall–Kier alpha value is -1.03. The van der Waals surface area contributed by atoms with Gasteiger partial charge in [0.25, 0.3) is 0 Å². The first-order chi connectivity index (χ1) is 9.31. The molecule has 19 heavy (non-hydrogen) atoms. The van der Waals surface area contributed by atoms with Crippen molar-refractivity contribution in [2.24, 2.45) is 0 Å². The number of hydrogen-bond donors (Lipinski definition) is 1. The minimum atomic E-state index is 0.707. The maximum absolute atomic E-state index is 6.33. The first-order valence-corrected chi connectivity index (χ1v) is 7.61. The second-order valence-corrected chi connectivity index (χ2v) is 6.18. The third kappa shape index (κ3) is 3.72. The van der Waals surface area contributed by atoms with Crippen LogP contribution in [0.1, 0.15) is 18.4 Å². The zero-order valence-electron chi connectivity index (χ0n) is 10.5. The fourth-order valence-electron chi connectivity index (χ4n) is 1.80. The monoisotopic (exact) mass is 290 g/mol. The summed E-state index contributed by atoms with van der Waals surface area (Å²) >= 11 is 7.96. The highest BCUT2D eigenvalue weighted by Gasteiger charge is 2.20. The second-order valence-electron chi connectivity index (χ2n) is 4.68. The number of pyridine rings is 1. The first-order valence-electron chi connectivity index (χ1n) is 6.42. The highest BCUT2D eigenvalue weighted by Crippen LogP contribution is 2.30. The minimum absolute atomic E-state index is 0.707. The van der Waals surface area contributed by atoms with E-state index in [1.165, 1.54) is 18.4 Å². The molecule has 0 atom stereocenters. The maximum Gasteiger partial charge on any atom is 0.101 e. The van der Waals surface area contributed by atoms with E-state index in [1.807, 2.05) is 24.3 Å². The lowest BCUT2D eigenvalue weighted by molar-refractivity contribution is 0.687. The molecule has 0 unspecified atom stereocenters. The van der Waals surface area contributed by atoms with Crippen molar-refractivity contribution in [3.05, 3.63) is 53.2 Å². The molecular weight excluding hydrogens is 276 g/mol. The molecule has 98 valence electrons.